The standard InChI is InChI=1S/C16H17BrN2/c17-14-6-3-7-15(8-14)19-16(11-18)9-12-4-1-2-5-13(12)10-16/h1-8,19H,9-11,18H2. The highest BCUT2D eigenvalue weighted by Crippen LogP contribution is 2.32. The molecule has 0 aliphatic heterocycles. The molecule has 2 nitrogen and oxygen atoms in total. The van der Waals surface area contributed by atoms with Gasteiger partial charge in [0.1, 0.15) is 0 Å². The van der Waals surface area contributed by atoms with Crippen LogP contribution in [0.1, 0.15) is 11.1 Å². The summed E-state index contributed by atoms with van der Waals surface area (Å²) < 4.78 is 1.08. The van der Waals surface area contributed by atoms with E-state index in [1.165, 1.54) is 11.1 Å². The minimum Gasteiger partial charge on any atom is -0.378 e. The molecule has 1 aliphatic carbocycles. The number of fused-ring (bicyclic) bond motifs is 1. The Morgan fingerprint density at radius 3 is 2.32 bits per heavy atom. The van der Waals surface area contributed by atoms with Gasteiger partial charge in [-0.25, -0.2) is 0 Å². The highest BCUT2D eigenvalue weighted by Gasteiger charge is 2.35. The fourth-order valence-corrected chi connectivity index (χ4v) is 3.25. The van der Waals surface area contributed by atoms with Crippen LogP contribution in [0.5, 0.6) is 0 Å². The molecule has 0 saturated heterocycles. The van der Waals surface area contributed by atoms with E-state index in [4.69, 9.17) is 5.73 Å². The van der Waals surface area contributed by atoms with Crippen LogP contribution in [0.4, 0.5) is 5.69 Å². The molecule has 2 aromatic rings. The molecule has 0 spiro atoms. The summed E-state index contributed by atoms with van der Waals surface area (Å²) in [6, 6.07) is 16.9. The number of anilines is 1. The van der Waals surface area contributed by atoms with Crippen LogP contribution in [0.25, 0.3) is 0 Å². The van der Waals surface area contributed by atoms with E-state index >= 15 is 0 Å². The van der Waals surface area contributed by atoms with E-state index in [0.29, 0.717) is 6.54 Å². The maximum absolute atomic E-state index is 6.06. The van der Waals surface area contributed by atoms with E-state index in [0.717, 1.165) is 23.0 Å². The van der Waals surface area contributed by atoms with Gasteiger partial charge in [-0.05, 0) is 42.2 Å². The highest BCUT2D eigenvalue weighted by molar-refractivity contribution is 9.10. The second kappa shape index (κ2) is 4.99. The average Bonchev–Trinajstić information content (AvgIpc) is 2.77. The number of rotatable bonds is 3. The number of nitrogens with two attached hydrogens (primary N) is 1. The van der Waals surface area contributed by atoms with Gasteiger partial charge in [0.05, 0.1) is 5.54 Å². The van der Waals surface area contributed by atoms with Crippen molar-refractivity contribution in [1.82, 2.24) is 0 Å². The van der Waals surface area contributed by atoms with Crippen LogP contribution in [0.2, 0.25) is 0 Å². The lowest BCUT2D eigenvalue weighted by Crippen LogP contribution is -2.46. The van der Waals surface area contributed by atoms with Crippen LogP contribution >= 0.6 is 15.9 Å². The fourth-order valence-electron chi connectivity index (χ4n) is 2.85. The first kappa shape index (κ1) is 12.7. The first-order chi connectivity index (χ1) is 9.21. The second-order valence-corrected chi connectivity index (χ2v) is 6.16. The molecule has 0 radical (unpaired) electrons. The summed E-state index contributed by atoms with van der Waals surface area (Å²) in [5.41, 5.74) is 9.95. The van der Waals surface area contributed by atoms with Crippen LogP contribution in [0, 0.1) is 0 Å². The summed E-state index contributed by atoms with van der Waals surface area (Å²) in [6.07, 6.45) is 1.98. The van der Waals surface area contributed by atoms with Crippen molar-refractivity contribution < 1.29 is 0 Å². The molecule has 2 aromatic carbocycles. The smallest absolute Gasteiger partial charge is 0.0576 e. The molecule has 3 N–H and O–H groups in total. The van der Waals surface area contributed by atoms with Crippen molar-refractivity contribution >= 4 is 21.6 Å². The zero-order valence-corrected chi connectivity index (χ0v) is 12.3. The lowest BCUT2D eigenvalue weighted by atomic mass is 9.95. The van der Waals surface area contributed by atoms with Gasteiger partial charge in [-0.1, -0.05) is 46.3 Å². The average molecular weight is 317 g/mol. The van der Waals surface area contributed by atoms with Crippen molar-refractivity contribution in [2.75, 3.05) is 11.9 Å². The van der Waals surface area contributed by atoms with Crippen LogP contribution in [-0.4, -0.2) is 12.1 Å². The molecule has 3 heteroatoms. The molecule has 0 fully saturated rings. The van der Waals surface area contributed by atoms with Crippen molar-refractivity contribution in [1.29, 1.82) is 0 Å². The van der Waals surface area contributed by atoms with Crippen LogP contribution < -0.4 is 11.1 Å². The Morgan fingerprint density at radius 1 is 1.05 bits per heavy atom. The topological polar surface area (TPSA) is 38.0 Å². The van der Waals surface area contributed by atoms with Gasteiger partial charge >= 0.3 is 0 Å². The van der Waals surface area contributed by atoms with Crippen LogP contribution in [0.3, 0.4) is 0 Å². The summed E-state index contributed by atoms with van der Waals surface area (Å²) >= 11 is 3.51. The zero-order chi connectivity index (χ0) is 13.3. The SMILES string of the molecule is NCC1(Nc2cccc(Br)c2)Cc2ccccc2C1. The van der Waals surface area contributed by atoms with Crippen molar-refractivity contribution in [2.24, 2.45) is 5.73 Å². The molecular formula is C16H17BrN2. The Kier molecular flexibility index (Phi) is 3.33. The highest BCUT2D eigenvalue weighted by atomic mass is 79.9. The largest absolute Gasteiger partial charge is 0.378 e. The van der Waals surface area contributed by atoms with E-state index < -0.39 is 0 Å². The van der Waals surface area contributed by atoms with E-state index in [9.17, 15) is 0 Å². The monoisotopic (exact) mass is 316 g/mol. The third kappa shape index (κ3) is 2.53. The third-order valence-corrected chi connectivity index (χ3v) is 4.29. The zero-order valence-electron chi connectivity index (χ0n) is 10.7. The Balaban J connectivity index is 1.87. The minimum atomic E-state index is -0.0511. The third-order valence-electron chi connectivity index (χ3n) is 3.80. The number of hydrogen-bond acceptors (Lipinski definition) is 2. The molecular weight excluding hydrogens is 300 g/mol. The lowest BCUT2D eigenvalue weighted by molar-refractivity contribution is 0.504. The maximum Gasteiger partial charge on any atom is 0.0576 e. The number of halogens is 1. The number of nitrogens with one attached hydrogen (secondary N) is 1. The van der Waals surface area contributed by atoms with E-state index in [2.05, 4.69) is 57.6 Å². The van der Waals surface area contributed by atoms with Crippen LogP contribution in [-0.2, 0) is 12.8 Å². The molecule has 0 aromatic heterocycles. The Bertz CT molecular complexity index is 570. The number of benzene rings is 2. The summed E-state index contributed by atoms with van der Waals surface area (Å²) in [5, 5.41) is 3.64. The molecule has 1 aliphatic rings. The van der Waals surface area contributed by atoms with Crippen molar-refractivity contribution in [3.63, 3.8) is 0 Å². The van der Waals surface area contributed by atoms with Gasteiger partial charge in [-0.3, -0.25) is 0 Å². The van der Waals surface area contributed by atoms with Crippen molar-refractivity contribution in [3.05, 3.63) is 64.1 Å². The van der Waals surface area contributed by atoms with Gasteiger partial charge < -0.3 is 11.1 Å². The maximum atomic E-state index is 6.06. The molecule has 3 rings (SSSR count). The van der Waals surface area contributed by atoms with Gasteiger partial charge in [0.25, 0.3) is 0 Å². The molecule has 0 unspecified atom stereocenters. The minimum absolute atomic E-state index is 0.0511. The molecule has 0 amide bonds. The first-order valence-electron chi connectivity index (χ1n) is 6.51. The summed E-state index contributed by atoms with van der Waals surface area (Å²) in [6.45, 7) is 0.633. The molecule has 0 saturated carbocycles. The predicted octanol–water partition coefficient (Wildman–Crippen LogP) is 3.36. The molecule has 19 heavy (non-hydrogen) atoms. The van der Waals surface area contributed by atoms with E-state index in [-0.39, 0.29) is 5.54 Å². The molecule has 0 heterocycles. The Morgan fingerprint density at radius 2 is 1.74 bits per heavy atom. The normalized spacial score (nSPS) is 16.1. The molecule has 0 bridgehead atoms. The van der Waals surface area contributed by atoms with Crippen molar-refractivity contribution in [3.8, 4) is 0 Å². The molecule has 0 atom stereocenters. The van der Waals surface area contributed by atoms with Crippen molar-refractivity contribution in [2.45, 2.75) is 18.4 Å². The quantitative estimate of drug-likeness (QED) is 0.911. The molecule has 98 valence electrons. The van der Waals surface area contributed by atoms with E-state index in [1.54, 1.807) is 0 Å². The Labute approximate surface area is 122 Å². The van der Waals surface area contributed by atoms with Gasteiger partial charge in [0.2, 0.25) is 0 Å². The fraction of sp³-hybridized carbons (Fsp3) is 0.250. The van der Waals surface area contributed by atoms with Crippen LogP contribution in [0.15, 0.2) is 53.0 Å². The van der Waals surface area contributed by atoms with Gasteiger partial charge in [-0.15, -0.1) is 0 Å². The summed E-state index contributed by atoms with van der Waals surface area (Å²) in [4.78, 5) is 0. The predicted molar refractivity (Wildman–Crippen MR) is 83.4 cm³/mol. The van der Waals surface area contributed by atoms with Gasteiger partial charge in [0, 0.05) is 16.7 Å². The summed E-state index contributed by atoms with van der Waals surface area (Å²) in [5.74, 6) is 0. The van der Waals surface area contributed by atoms with Gasteiger partial charge in [-0.2, -0.15) is 0 Å². The first-order valence-corrected chi connectivity index (χ1v) is 7.31. The lowest BCUT2D eigenvalue weighted by Gasteiger charge is -2.30. The Hall–Kier alpha value is -1.32. The van der Waals surface area contributed by atoms with E-state index in [1.807, 2.05) is 12.1 Å². The summed E-state index contributed by atoms with van der Waals surface area (Å²) in [7, 11) is 0. The van der Waals surface area contributed by atoms with Gasteiger partial charge in [0.15, 0.2) is 0 Å². The second-order valence-electron chi connectivity index (χ2n) is 5.24. The number of hydrogen-bond donors (Lipinski definition) is 2.